The Morgan fingerprint density at radius 3 is 2.36 bits per heavy atom. The van der Waals surface area contributed by atoms with Crippen molar-refractivity contribution in [3.63, 3.8) is 0 Å². The summed E-state index contributed by atoms with van der Waals surface area (Å²) in [6, 6.07) is 15.2. The molecule has 0 radical (unpaired) electrons. The van der Waals surface area contributed by atoms with Crippen LogP contribution >= 0.6 is 37.2 Å². The molecule has 1 amide bonds. The van der Waals surface area contributed by atoms with E-state index in [-0.39, 0.29) is 55.2 Å². The summed E-state index contributed by atoms with van der Waals surface area (Å²) in [6.07, 6.45) is 2.46. The third-order valence-corrected chi connectivity index (χ3v) is 6.32. The predicted octanol–water partition coefficient (Wildman–Crippen LogP) is 3.11. The van der Waals surface area contributed by atoms with Crippen LogP contribution in [0, 0.1) is 5.41 Å². The Labute approximate surface area is 263 Å². The number of nitrogen functional groups attached to an aromatic ring is 1. The van der Waals surface area contributed by atoms with Crippen LogP contribution in [0.15, 0.2) is 59.6 Å². The number of carbonyl (C=O) groups excluding carboxylic acids is 2. The maximum Gasteiger partial charge on any atom is 0.343 e. The van der Waals surface area contributed by atoms with Crippen molar-refractivity contribution in [2.75, 3.05) is 39.4 Å². The molecule has 228 valence electrons. The van der Waals surface area contributed by atoms with Crippen LogP contribution in [0.2, 0.25) is 0 Å². The Bertz CT molecular complexity index is 1370. The number of hydrazine groups is 1. The van der Waals surface area contributed by atoms with Gasteiger partial charge in [-0.25, -0.2) is 15.2 Å². The highest BCUT2D eigenvalue weighted by Crippen LogP contribution is 2.30. The Morgan fingerprint density at radius 2 is 1.69 bits per heavy atom. The van der Waals surface area contributed by atoms with Gasteiger partial charge in [0.25, 0.3) is 0 Å². The Balaban J connectivity index is 0.00000294. The fourth-order valence-corrected chi connectivity index (χ4v) is 4.28. The van der Waals surface area contributed by atoms with Gasteiger partial charge < -0.3 is 26.4 Å². The summed E-state index contributed by atoms with van der Waals surface area (Å²) >= 11 is 0. The number of amidine groups is 1. The van der Waals surface area contributed by atoms with Crippen molar-refractivity contribution >= 4 is 77.7 Å². The zero-order valence-corrected chi connectivity index (χ0v) is 25.3. The molecule has 0 spiro atoms. The van der Waals surface area contributed by atoms with Crippen molar-refractivity contribution in [2.45, 2.75) is 12.8 Å². The van der Waals surface area contributed by atoms with Gasteiger partial charge in [0.1, 0.15) is 17.9 Å². The molecule has 7 N–H and O–H groups in total. The number of benzene rings is 3. The Morgan fingerprint density at radius 1 is 1.00 bits per heavy atom. The molecule has 0 aromatic heterocycles. The number of morpholine rings is 1. The van der Waals surface area contributed by atoms with Crippen LogP contribution in [0.25, 0.3) is 10.8 Å². The molecule has 1 aliphatic heterocycles. The lowest BCUT2D eigenvalue weighted by atomic mass is 9.98. The summed E-state index contributed by atoms with van der Waals surface area (Å²) in [5, 5.41) is 9.08. The number of nitrogens with zero attached hydrogens (tertiary/aromatic N) is 2. The smallest absolute Gasteiger partial charge is 0.343 e. The summed E-state index contributed by atoms with van der Waals surface area (Å²) in [5.41, 5.74) is 19.2. The van der Waals surface area contributed by atoms with Crippen molar-refractivity contribution in [1.29, 1.82) is 5.41 Å². The summed E-state index contributed by atoms with van der Waals surface area (Å²) in [6.45, 7) is 5.41. The van der Waals surface area contributed by atoms with E-state index in [1.54, 1.807) is 60.9 Å². The highest BCUT2D eigenvalue weighted by molar-refractivity contribution is 6.01. The number of amides is 1. The number of aliphatic imine (C=N–C) groups is 1. The zero-order chi connectivity index (χ0) is 27.6. The first-order chi connectivity index (χ1) is 18.9. The van der Waals surface area contributed by atoms with Gasteiger partial charge in [0.05, 0.1) is 30.9 Å². The van der Waals surface area contributed by atoms with Crippen molar-refractivity contribution in [2.24, 2.45) is 16.5 Å². The molecular formula is C28H36Cl3N7O4. The van der Waals surface area contributed by atoms with Gasteiger partial charge in [0, 0.05) is 30.8 Å². The molecular weight excluding hydrogens is 605 g/mol. The van der Waals surface area contributed by atoms with Crippen molar-refractivity contribution < 1.29 is 19.1 Å². The highest BCUT2D eigenvalue weighted by Gasteiger charge is 2.17. The minimum absolute atomic E-state index is 0. The van der Waals surface area contributed by atoms with Gasteiger partial charge >= 0.3 is 5.97 Å². The SMILES string of the molecule is Cl.Cl.Cl.N=C(N)c1ccc2c(CC(N)=O)c(OC(=O)c3ccc(N=CNNCCCN4CCOCC4)cc3)ccc2c1. The molecule has 0 unspecified atom stereocenters. The first-order valence-electron chi connectivity index (χ1n) is 12.7. The van der Waals surface area contributed by atoms with Crippen LogP contribution in [0.4, 0.5) is 5.69 Å². The molecule has 1 aliphatic rings. The Kier molecular flexibility index (Phi) is 15.8. The van der Waals surface area contributed by atoms with E-state index >= 15 is 0 Å². The fourth-order valence-electron chi connectivity index (χ4n) is 4.28. The zero-order valence-electron chi connectivity index (χ0n) is 22.8. The van der Waals surface area contributed by atoms with Gasteiger partial charge in [-0.2, -0.15) is 0 Å². The monoisotopic (exact) mass is 639 g/mol. The maximum absolute atomic E-state index is 12.9. The molecule has 0 bridgehead atoms. The second-order valence-electron chi connectivity index (χ2n) is 9.11. The van der Waals surface area contributed by atoms with E-state index < -0.39 is 11.9 Å². The first-order valence-corrected chi connectivity index (χ1v) is 12.7. The van der Waals surface area contributed by atoms with Gasteiger partial charge in [-0.15, -0.1) is 37.2 Å². The summed E-state index contributed by atoms with van der Waals surface area (Å²) in [5.74, 6) is -0.954. The van der Waals surface area contributed by atoms with E-state index in [0.29, 0.717) is 27.8 Å². The molecule has 3 aromatic carbocycles. The molecule has 3 aromatic rings. The molecule has 11 nitrogen and oxygen atoms in total. The van der Waals surface area contributed by atoms with E-state index in [1.807, 2.05) is 0 Å². The molecule has 0 atom stereocenters. The van der Waals surface area contributed by atoms with Crippen LogP contribution in [-0.2, 0) is 16.0 Å². The standard InChI is InChI=1S/C28H33N7O4.3ClH/c29-26(36)17-24-23-8-4-21(27(30)31)16-20(23)5-9-25(24)39-28(37)19-2-6-22(7-3-19)32-18-34-33-10-1-11-35-12-14-38-15-13-35;;;/h2-9,16,18,33H,1,10-15,17H2,(H2,29,36)(H3,30,31)(H,32,34);3*1H. The topological polar surface area (TPSA) is 168 Å². The summed E-state index contributed by atoms with van der Waals surface area (Å²) in [4.78, 5) is 31.3. The van der Waals surface area contributed by atoms with Crippen LogP contribution in [0.5, 0.6) is 5.75 Å². The van der Waals surface area contributed by atoms with Gasteiger partial charge in [0.15, 0.2) is 0 Å². The molecule has 1 heterocycles. The van der Waals surface area contributed by atoms with Crippen LogP contribution < -0.4 is 27.1 Å². The number of halogens is 3. The summed E-state index contributed by atoms with van der Waals surface area (Å²) in [7, 11) is 0. The predicted molar refractivity (Wildman–Crippen MR) is 172 cm³/mol. The van der Waals surface area contributed by atoms with Gasteiger partial charge in [-0.05, 0) is 60.1 Å². The lowest BCUT2D eigenvalue weighted by molar-refractivity contribution is -0.117. The average molecular weight is 641 g/mol. The number of fused-ring (bicyclic) bond motifs is 1. The second kappa shape index (κ2) is 18.2. The van der Waals surface area contributed by atoms with Crippen molar-refractivity contribution in [1.82, 2.24) is 15.8 Å². The van der Waals surface area contributed by atoms with Crippen molar-refractivity contribution in [3.05, 3.63) is 71.3 Å². The van der Waals surface area contributed by atoms with E-state index in [0.717, 1.165) is 51.2 Å². The number of ether oxygens (including phenoxy) is 2. The molecule has 4 rings (SSSR count). The van der Waals surface area contributed by atoms with Gasteiger partial charge in [0.2, 0.25) is 5.91 Å². The number of rotatable bonds is 12. The lowest BCUT2D eigenvalue weighted by Gasteiger charge is -2.26. The maximum atomic E-state index is 12.9. The lowest BCUT2D eigenvalue weighted by Crippen LogP contribution is -2.39. The molecule has 1 saturated heterocycles. The fraction of sp³-hybridized carbons (Fsp3) is 0.286. The van der Waals surface area contributed by atoms with E-state index in [2.05, 4.69) is 20.7 Å². The number of nitrogens with two attached hydrogens (primary N) is 2. The third kappa shape index (κ3) is 10.4. The minimum Gasteiger partial charge on any atom is -0.423 e. The molecule has 42 heavy (non-hydrogen) atoms. The highest BCUT2D eigenvalue weighted by atomic mass is 35.5. The summed E-state index contributed by atoms with van der Waals surface area (Å²) < 4.78 is 11.0. The molecule has 0 saturated carbocycles. The van der Waals surface area contributed by atoms with E-state index in [9.17, 15) is 9.59 Å². The minimum atomic E-state index is -0.573. The van der Waals surface area contributed by atoms with Gasteiger partial charge in [-0.3, -0.25) is 15.1 Å². The number of nitrogens with one attached hydrogen (secondary N) is 3. The van der Waals surface area contributed by atoms with E-state index in [4.69, 9.17) is 26.4 Å². The average Bonchev–Trinajstić information content (AvgIpc) is 2.94. The Hall–Kier alpha value is -3.45. The third-order valence-electron chi connectivity index (χ3n) is 6.32. The second-order valence-corrected chi connectivity index (χ2v) is 9.11. The molecule has 0 aliphatic carbocycles. The van der Waals surface area contributed by atoms with Crippen molar-refractivity contribution in [3.8, 4) is 5.75 Å². The van der Waals surface area contributed by atoms with Crippen LogP contribution in [0.1, 0.15) is 27.9 Å². The molecule has 14 heteroatoms. The van der Waals surface area contributed by atoms with Crippen LogP contribution in [-0.4, -0.2) is 68.3 Å². The largest absolute Gasteiger partial charge is 0.423 e. The van der Waals surface area contributed by atoms with Gasteiger partial charge in [-0.1, -0.05) is 18.2 Å². The quantitative estimate of drug-likeness (QED) is 0.0503. The normalized spacial score (nSPS) is 13.0. The van der Waals surface area contributed by atoms with E-state index in [1.165, 1.54) is 0 Å². The van der Waals surface area contributed by atoms with Crippen LogP contribution in [0.3, 0.4) is 0 Å². The molecule has 1 fully saturated rings. The first kappa shape index (κ1) is 36.6. The number of hydrogen-bond donors (Lipinski definition) is 5. The number of hydrogen-bond acceptors (Lipinski definition) is 8. The number of primary amides is 1. The number of carbonyl (C=O) groups is 2. The number of esters is 1.